The molecule has 0 radical (unpaired) electrons. The summed E-state index contributed by atoms with van der Waals surface area (Å²) in [6.07, 6.45) is 3.83. The molecule has 0 heterocycles. The molecule has 3 rings (SSSR count). The van der Waals surface area contributed by atoms with Crippen LogP contribution in [-0.4, -0.2) is 16.9 Å². The minimum atomic E-state index is -1.12. The molecule has 0 saturated heterocycles. The summed E-state index contributed by atoms with van der Waals surface area (Å²) in [5.74, 6) is -1.39. The van der Waals surface area contributed by atoms with Crippen LogP contribution in [0, 0.1) is 0 Å². The molecule has 0 atom stereocenters. The molecule has 3 nitrogen and oxygen atoms in total. The lowest BCUT2D eigenvalue weighted by atomic mass is 9.84. The van der Waals surface area contributed by atoms with Crippen molar-refractivity contribution in [2.75, 3.05) is 0 Å². The van der Waals surface area contributed by atoms with Gasteiger partial charge in [-0.1, -0.05) is 36.4 Å². The summed E-state index contributed by atoms with van der Waals surface area (Å²) in [6, 6.07) is 13.9. The van der Waals surface area contributed by atoms with Crippen molar-refractivity contribution >= 4 is 11.8 Å². The van der Waals surface area contributed by atoms with Gasteiger partial charge in [-0.25, -0.2) is 4.79 Å². The Labute approximate surface area is 122 Å². The molecule has 0 amide bonds. The van der Waals surface area contributed by atoms with Crippen molar-refractivity contribution in [1.82, 2.24) is 0 Å². The number of carboxylic acid groups (broad SMARTS) is 1. The van der Waals surface area contributed by atoms with Gasteiger partial charge >= 0.3 is 5.97 Å². The number of carbonyl (C=O) groups is 2. The normalized spacial score (nSPS) is 12.8. The molecule has 0 spiro atoms. The van der Waals surface area contributed by atoms with Crippen molar-refractivity contribution in [1.29, 1.82) is 0 Å². The largest absolute Gasteiger partial charge is 0.478 e. The summed E-state index contributed by atoms with van der Waals surface area (Å²) >= 11 is 0. The monoisotopic (exact) mass is 278 g/mol. The van der Waals surface area contributed by atoms with Crippen LogP contribution in [0.1, 0.15) is 21.5 Å². The van der Waals surface area contributed by atoms with Crippen LogP contribution in [0.25, 0.3) is 11.1 Å². The topological polar surface area (TPSA) is 54.4 Å². The van der Waals surface area contributed by atoms with Gasteiger partial charge in [0.1, 0.15) is 0 Å². The number of aryl methyl sites for hydroxylation is 2. The van der Waals surface area contributed by atoms with Crippen molar-refractivity contribution in [3.8, 4) is 11.1 Å². The lowest BCUT2D eigenvalue weighted by molar-refractivity contribution is -0.131. The standard InChI is InChI=1S/C18H14O3/c19-17(9-10-18(20)21)14-7-8-16-13(11-14)6-5-12-3-1-2-4-15(12)16/h1-4,7-11H,5-6H2,(H,20,21)/b10-9+. The number of benzene rings is 2. The van der Waals surface area contributed by atoms with E-state index in [0.717, 1.165) is 36.1 Å². The summed E-state index contributed by atoms with van der Waals surface area (Å²) in [5.41, 5.74) is 5.39. The van der Waals surface area contributed by atoms with Crippen LogP contribution in [0.3, 0.4) is 0 Å². The van der Waals surface area contributed by atoms with Crippen LogP contribution in [0.5, 0.6) is 0 Å². The summed E-state index contributed by atoms with van der Waals surface area (Å²) in [5, 5.41) is 8.57. The Balaban J connectivity index is 1.97. The zero-order valence-corrected chi connectivity index (χ0v) is 11.4. The first-order valence-corrected chi connectivity index (χ1v) is 6.82. The van der Waals surface area contributed by atoms with Gasteiger partial charge in [-0.15, -0.1) is 0 Å². The summed E-state index contributed by atoms with van der Waals surface area (Å²) in [7, 11) is 0. The highest BCUT2D eigenvalue weighted by molar-refractivity contribution is 6.07. The van der Waals surface area contributed by atoms with Gasteiger partial charge in [-0.05, 0) is 47.2 Å². The van der Waals surface area contributed by atoms with Crippen LogP contribution >= 0.6 is 0 Å². The number of fused-ring (bicyclic) bond motifs is 3. The second-order valence-electron chi connectivity index (χ2n) is 5.06. The van der Waals surface area contributed by atoms with Gasteiger partial charge in [0.15, 0.2) is 5.78 Å². The number of carboxylic acids is 1. The quantitative estimate of drug-likeness (QED) is 0.692. The zero-order valence-electron chi connectivity index (χ0n) is 11.4. The maximum atomic E-state index is 11.9. The Bertz CT molecular complexity index is 757. The molecule has 2 aromatic carbocycles. The fourth-order valence-corrected chi connectivity index (χ4v) is 2.73. The first-order valence-electron chi connectivity index (χ1n) is 6.82. The van der Waals surface area contributed by atoms with E-state index in [1.807, 2.05) is 24.3 Å². The first kappa shape index (κ1) is 13.3. The minimum absolute atomic E-state index is 0.279. The molecule has 0 bridgehead atoms. The predicted molar refractivity (Wildman–Crippen MR) is 80.4 cm³/mol. The summed E-state index contributed by atoms with van der Waals surface area (Å²) in [4.78, 5) is 22.4. The molecule has 0 unspecified atom stereocenters. The van der Waals surface area contributed by atoms with Gasteiger partial charge in [0.2, 0.25) is 0 Å². The van der Waals surface area contributed by atoms with E-state index in [4.69, 9.17) is 5.11 Å². The third kappa shape index (κ3) is 2.63. The maximum Gasteiger partial charge on any atom is 0.328 e. The molecule has 0 aliphatic heterocycles. The second-order valence-corrected chi connectivity index (χ2v) is 5.06. The third-order valence-corrected chi connectivity index (χ3v) is 3.74. The third-order valence-electron chi connectivity index (χ3n) is 3.74. The van der Waals surface area contributed by atoms with Crippen LogP contribution < -0.4 is 0 Å². The van der Waals surface area contributed by atoms with E-state index >= 15 is 0 Å². The van der Waals surface area contributed by atoms with Crippen molar-refractivity contribution < 1.29 is 14.7 Å². The van der Waals surface area contributed by atoms with Crippen LogP contribution in [0.15, 0.2) is 54.6 Å². The number of aliphatic carboxylic acids is 1. The number of allylic oxidation sites excluding steroid dienone is 1. The molecule has 3 heteroatoms. The van der Waals surface area contributed by atoms with E-state index in [1.54, 1.807) is 6.07 Å². The number of rotatable bonds is 3. The molecule has 104 valence electrons. The van der Waals surface area contributed by atoms with E-state index in [1.165, 1.54) is 11.1 Å². The molecule has 0 fully saturated rings. The van der Waals surface area contributed by atoms with E-state index in [-0.39, 0.29) is 5.78 Å². The Hall–Kier alpha value is -2.68. The Morgan fingerprint density at radius 2 is 1.62 bits per heavy atom. The molecule has 1 aliphatic rings. The molecule has 21 heavy (non-hydrogen) atoms. The number of hydrogen-bond donors (Lipinski definition) is 1. The number of carbonyl (C=O) groups excluding carboxylic acids is 1. The summed E-state index contributed by atoms with van der Waals surface area (Å²) in [6.45, 7) is 0. The van der Waals surface area contributed by atoms with Crippen molar-refractivity contribution in [2.45, 2.75) is 12.8 Å². The lowest BCUT2D eigenvalue weighted by Gasteiger charge is -2.20. The van der Waals surface area contributed by atoms with Gasteiger partial charge in [0.25, 0.3) is 0 Å². The van der Waals surface area contributed by atoms with Gasteiger partial charge < -0.3 is 5.11 Å². The Morgan fingerprint density at radius 3 is 2.43 bits per heavy atom. The lowest BCUT2D eigenvalue weighted by Crippen LogP contribution is -2.06. The zero-order chi connectivity index (χ0) is 14.8. The fraction of sp³-hybridized carbons (Fsp3) is 0.111. The Kier molecular flexibility index (Phi) is 3.40. The van der Waals surface area contributed by atoms with Crippen molar-refractivity contribution in [2.24, 2.45) is 0 Å². The van der Waals surface area contributed by atoms with E-state index in [9.17, 15) is 9.59 Å². The smallest absolute Gasteiger partial charge is 0.328 e. The van der Waals surface area contributed by atoms with E-state index in [0.29, 0.717) is 5.56 Å². The molecule has 0 aromatic heterocycles. The van der Waals surface area contributed by atoms with E-state index < -0.39 is 5.97 Å². The van der Waals surface area contributed by atoms with Crippen LogP contribution in [-0.2, 0) is 17.6 Å². The average molecular weight is 278 g/mol. The maximum absolute atomic E-state index is 11.9. The molecule has 1 aliphatic carbocycles. The van der Waals surface area contributed by atoms with Gasteiger partial charge in [-0.3, -0.25) is 4.79 Å². The van der Waals surface area contributed by atoms with Crippen molar-refractivity contribution in [3.05, 3.63) is 71.3 Å². The van der Waals surface area contributed by atoms with Crippen LogP contribution in [0.2, 0.25) is 0 Å². The van der Waals surface area contributed by atoms with E-state index in [2.05, 4.69) is 12.1 Å². The van der Waals surface area contributed by atoms with Gasteiger partial charge in [0, 0.05) is 11.6 Å². The number of ketones is 1. The van der Waals surface area contributed by atoms with Crippen molar-refractivity contribution in [3.63, 3.8) is 0 Å². The van der Waals surface area contributed by atoms with Gasteiger partial charge in [-0.2, -0.15) is 0 Å². The predicted octanol–water partition coefficient (Wildman–Crippen LogP) is 3.28. The second kappa shape index (κ2) is 5.37. The highest BCUT2D eigenvalue weighted by Crippen LogP contribution is 2.33. The average Bonchev–Trinajstić information content (AvgIpc) is 2.51. The molecular weight excluding hydrogens is 264 g/mol. The van der Waals surface area contributed by atoms with Crippen LogP contribution in [0.4, 0.5) is 0 Å². The molecule has 1 N–H and O–H groups in total. The SMILES string of the molecule is O=C(O)/C=C/C(=O)c1ccc2c(c1)CCc1ccccc1-2. The minimum Gasteiger partial charge on any atom is -0.478 e. The molecule has 2 aromatic rings. The number of hydrogen-bond acceptors (Lipinski definition) is 2. The molecule has 0 saturated carbocycles. The molecular formula is C18H14O3. The Morgan fingerprint density at radius 1 is 0.905 bits per heavy atom. The first-order chi connectivity index (χ1) is 10.1. The highest BCUT2D eigenvalue weighted by atomic mass is 16.4. The summed E-state index contributed by atoms with van der Waals surface area (Å²) < 4.78 is 0. The fourth-order valence-electron chi connectivity index (χ4n) is 2.73. The van der Waals surface area contributed by atoms with Gasteiger partial charge in [0.05, 0.1) is 0 Å². The highest BCUT2D eigenvalue weighted by Gasteiger charge is 2.16.